The van der Waals surface area contributed by atoms with Crippen molar-refractivity contribution in [1.29, 1.82) is 0 Å². The summed E-state index contributed by atoms with van der Waals surface area (Å²) in [4.78, 5) is 4.63. The van der Waals surface area contributed by atoms with Crippen molar-refractivity contribution in [2.75, 3.05) is 19.7 Å². The van der Waals surface area contributed by atoms with E-state index in [1.165, 1.54) is 17.7 Å². The molecule has 1 aliphatic heterocycles. The number of halogens is 1. The second-order valence-corrected chi connectivity index (χ2v) is 7.56. The standard InChI is InChI=1S/C22H21FN2OS/c23-18-10-8-16(9-11-18)19-7-4-12-25-22(19)27-21(17-5-2-1-3-6-17)20-15-24-13-14-26-20/h1-12,20-21,24H,13-15H2/t20-,21?/m0/s1. The molecule has 3 aromatic rings. The van der Waals surface area contributed by atoms with Crippen molar-refractivity contribution in [2.45, 2.75) is 16.4 Å². The van der Waals surface area contributed by atoms with Gasteiger partial charge in [-0.3, -0.25) is 0 Å². The fourth-order valence-electron chi connectivity index (χ4n) is 3.24. The number of nitrogens with zero attached hydrogens (tertiary/aromatic N) is 1. The molecule has 1 fully saturated rings. The van der Waals surface area contributed by atoms with E-state index in [4.69, 9.17) is 4.74 Å². The number of benzene rings is 2. The Morgan fingerprint density at radius 2 is 1.85 bits per heavy atom. The first-order valence-electron chi connectivity index (χ1n) is 9.06. The van der Waals surface area contributed by atoms with Gasteiger partial charge in [0.25, 0.3) is 0 Å². The lowest BCUT2D eigenvalue weighted by Crippen LogP contribution is -2.41. The molecule has 4 rings (SSSR count). The van der Waals surface area contributed by atoms with E-state index in [0.29, 0.717) is 6.61 Å². The van der Waals surface area contributed by atoms with Gasteiger partial charge in [-0.25, -0.2) is 9.37 Å². The summed E-state index contributed by atoms with van der Waals surface area (Å²) in [6.07, 6.45) is 1.87. The Hall–Kier alpha value is -2.21. The Balaban J connectivity index is 1.68. The predicted molar refractivity (Wildman–Crippen MR) is 107 cm³/mol. The normalized spacial score (nSPS) is 18.2. The zero-order valence-electron chi connectivity index (χ0n) is 14.8. The van der Waals surface area contributed by atoms with Gasteiger partial charge in [-0.15, -0.1) is 0 Å². The smallest absolute Gasteiger partial charge is 0.123 e. The highest BCUT2D eigenvalue weighted by molar-refractivity contribution is 7.99. The summed E-state index contributed by atoms with van der Waals surface area (Å²) in [5.74, 6) is -0.235. The van der Waals surface area contributed by atoms with Gasteiger partial charge in [0.2, 0.25) is 0 Å². The van der Waals surface area contributed by atoms with Gasteiger partial charge < -0.3 is 10.1 Å². The van der Waals surface area contributed by atoms with Gasteiger partial charge in [0.1, 0.15) is 10.8 Å². The molecule has 27 heavy (non-hydrogen) atoms. The first-order chi connectivity index (χ1) is 13.3. The summed E-state index contributed by atoms with van der Waals surface area (Å²) in [7, 11) is 0. The lowest BCUT2D eigenvalue weighted by molar-refractivity contribution is 0.0273. The van der Waals surface area contributed by atoms with Crippen molar-refractivity contribution in [3.63, 3.8) is 0 Å². The molecular weight excluding hydrogens is 359 g/mol. The van der Waals surface area contributed by atoms with Crippen molar-refractivity contribution in [3.8, 4) is 11.1 Å². The molecule has 1 aliphatic rings. The van der Waals surface area contributed by atoms with Crippen molar-refractivity contribution >= 4 is 11.8 Å². The Morgan fingerprint density at radius 3 is 2.59 bits per heavy atom. The van der Waals surface area contributed by atoms with E-state index in [1.807, 2.05) is 18.2 Å². The van der Waals surface area contributed by atoms with Crippen LogP contribution in [-0.2, 0) is 4.74 Å². The van der Waals surface area contributed by atoms with Crippen LogP contribution in [0.4, 0.5) is 4.39 Å². The topological polar surface area (TPSA) is 34.2 Å². The third-order valence-corrected chi connectivity index (χ3v) is 5.97. The van der Waals surface area contributed by atoms with Crippen LogP contribution in [0.15, 0.2) is 78.0 Å². The summed E-state index contributed by atoms with van der Waals surface area (Å²) in [5.41, 5.74) is 3.18. The lowest BCUT2D eigenvalue weighted by Gasteiger charge is -2.31. The summed E-state index contributed by atoms with van der Waals surface area (Å²) < 4.78 is 19.4. The highest BCUT2D eigenvalue weighted by atomic mass is 32.2. The molecule has 0 bridgehead atoms. The molecule has 0 saturated carbocycles. The van der Waals surface area contributed by atoms with Crippen LogP contribution in [0.5, 0.6) is 0 Å². The zero-order valence-corrected chi connectivity index (χ0v) is 15.7. The van der Waals surface area contributed by atoms with E-state index < -0.39 is 0 Å². The van der Waals surface area contributed by atoms with Crippen LogP contribution < -0.4 is 5.32 Å². The van der Waals surface area contributed by atoms with Gasteiger partial charge in [-0.2, -0.15) is 0 Å². The summed E-state index contributed by atoms with van der Waals surface area (Å²) >= 11 is 1.70. The van der Waals surface area contributed by atoms with E-state index in [1.54, 1.807) is 30.1 Å². The first-order valence-corrected chi connectivity index (χ1v) is 9.94. The fraction of sp³-hybridized carbons (Fsp3) is 0.227. The van der Waals surface area contributed by atoms with Gasteiger partial charge in [-0.05, 0) is 29.3 Å². The summed E-state index contributed by atoms with van der Waals surface area (Å²) in [5, 5.41) is 4.46. The number of aromatic nitrogens is 1. The molecule has 0 spiro atoms. The Morgan fingerprint density at radius 1 is 1.04 bits per heavy atom. The minimum absolute atomic E-state index is 0.0641. The molecule has 1 saturated heterocycles. The van der Waals surface area contributed by atoms with Crippen LogP contribution in [0.2, 0.25) is 0 Å². The van der Waals surface area contributed by atoms with E-state index >= 15 is 0 Å². The van der Waals surface area contributed by atoms with Crippen LogP contribution >= 0.6 is 11.8 Å². The average molecular weight is 380 g/mol. The maximum absolute atomic E-state index is 13.3. The minimum atomic E-state index is -0.235. The number of hydrogen-bond donors (Lipinski definition) is 1. The number of thioether (sulfide) groups is 1. The van der Waals surface area contributed by atoms with Crippen LogP contribution in [0, 0.1) is 5.82 Å². The number of rotatable bonds is 5. The van der Waals surface area contributed by atoms with E-state index in [2.05, 4.69) is 34.6 Å². The maximum atomic E-state index is 13.3. The van der Waals surface area contributed by atoms with Gasteiger partial charge in [-0.1, -0.05) is 60.3 Å². The second-order valence-electron chi connectivity index (χ2n) is 6.43. The van der Waals surface area contributed by atoms with E-state index in [9.17, 15) is 4.39 Å². The fourth-order valence-corrected chi connectivity index (χ4v) is 4.53. The molecule has 2 heterocycles. The molecule has 138 valence electrons. The predicted octanol–water partition coefficient (Wildman–Crippen LogP) is 4.71. The maximum Gasteiger partial charge on any atom is 0.123 e. The van der Waals surface area contributed by atoms with Gasteiger partial charge in [0, 0.05) is 24.8 Å². The lowest BCUT2D eigenvalue weighted by atomic mass is 10.1. The Bertz CT molecular complexity index is 867. The van der Waals surface area contributed by atoms with Gasteiger partial charge in [0.05, 0.1) is 18.0 Å². The first kappa shape index (κ1) is 18.2. The number of hydrogen-bond acceptors (Lipinski definition) is 4. The van der Waals surface area contributed by atoms with Crippen molar-refractivity contribution in [2.24, 2.45) is 0 Å². The Labute approximate surface area is 163 Å². The number of ether oxygens (including phenoxy) is 1. The van der Waals surface area contributed by atoms with Crippen LogP contribution in [0.25, 0.3) is 11.1 Å². The zero-order chi connectivity index (χ0) is 18.5. The molecule has 1 aromatic heterocycles. The molecular formula is C22H21FN2OS. The van der Waals surface area contributed by atoms with Crippen LogP contribution in [0.1, 0.15) is 10.8 Å². The highest BCUT2D eigenvalue weighted by Crippen LogP contribution is 2.42. The highest BCUT2D eigenvalue weighted by Gasteiger charge is 2.28. The van der Waals surface area contributed by atoms with Gasteiger partial charge >= 0.3 is 0 Å². The van der Waals surface area contributed by atoms with Gasteiger partial charge in [0.15, 0.2) is 0 Å². The third kappa shape index (κ3) is 4.38. The van der Waals surface area contributed by atoms with Crippen LogP contribution in [-0.4, -0.2) is 30.8 Å². The van der Waals surface area contributed by atoms with Crippen molar-refractivity contribution < 1.29 is 9.13 Å². The number of nitrogens with one attached hydrogen (secondary N) is 1. The quantitative estimate of drug-likeness (QED) is 0.650. The molecule has 2 aromatic carbocycles. The van der Waals surface area contributed by atoms with E-state index in [0.717, 1.165) is 29.2 Å². The molecule has 1 N–H and O–H groups in total. The molecule has 2 atom stereocenters. The molecule has 5 heteroatoms. The monoisotopic (exact) mass is 380 g/mol. The summed E-state index contributed by atoms with van der Waals surface area (Å²) in [6, 6.07) is 20.9. The number of morpholine rings is 1. The second kappa shape index (κ2) is 8.65. The minimum Gasteiger partial charge on any atom is -0.374 e. The number of pyridine rings is 1. The average Bonchev–Trinajstić information content (AvgIpc) is 2.74. The molecule has 3 nitrogen and oxygen atoms in total. The molecule has 0 amide bonds. The molecule has 1 unspecified atom stereocenters. The Kier molecular flexibility index (Phi) is 5.82. The molecule has 0 radical (unpaired) electrons. The van der Waals surface area contributed by atoms with Crippen LogP contribution in [0.3, 0.4) is 0 Å². The van der Waals surface area contributed by atoms with E-state index in [-0.39, 0.29) is 17.2 Å². The SMILES string of the molecule is Fc1ccc(-c2cccnc2SC(c2ccccc2)[C@@H]2CNCCO2)cc1. The summed E-state index contributed by atoms with van der Waals surface area (Å²) in [6.45, 7) is 2.40. The van der Waals surface area contributed by atoms with Crippen molar-refractivity contribution in [1.82, 2.24) is 10.3 Å². The van der Waals surface area contributed by atoms with Crippen molar-refractivity contribution in [3.05, 3.63) is 84.3 Å². The third-order valence-electron chi connectivity index (χ3n) is 4.59. The largest absolute Gasteiger partial charge is 0.374 e. The molecule has 0 aliphatic carbocycles.